The third-order valence-electron chi connectivity index (χ3n) is 9.89. The molecular formula is C48H31NOS. The molecule has 0 radical (unpaired) electrons. The van der Waals surface area contributed by atoms with Crippen molar-refractivity contribution < 1.29 is 4.42 Å². The van der Waals surface area contributed by atoms with Crippen molar-refractivity contribution in [3.63, 3.8) is 0 Å². The Bertz CT molecular complexity index is 2850. The summed E-state index contributed by atoms with van der Waals surface area (Å²) in [6.45, 7) is 0. The van der Waals surface area contributed by atoms with Gasteiger partial charge in [0.1, 0.15) is 11.2 Å². The van der Waals surface area contributed by atoms with Crippen molar-refractivity contribution in [3.05, 3.63) is 188 Å². The highest BCUT2D eigenvalue weighted by Gasteiger charge is 2.23. The Kier molecular flexibility index (Phi) is 7.04. The van der Waals surface area contributed by atoms with Crippen LogP contribution in [0.4, 0.5) is 17.1 Å². The minimum atomic E-state index is 0.869. The summed E-state index contributed by atoms with van der Waals surface area (Å²) in [4.78, 5) is 2.41. The van der Waals surface area contributed by atoms with E-state index in [1.165, 1.54) is 42.4 Å². The zero-order chi connectivity index (χ0) is 33.7. The van der Waals surface area contributed by atoms with Gasteiger partial charge in [0.25, 0.3) is 0 Å². The molecule has 8 aromatic carbocycles. The van der Waals surface area contributed by atoms with Gasteiger partial charge in [-0.25, -0.2) is 0 Å². The van der Waals surface area contributed by atoms with Gasteiger partial charge in [-0.1, -0.05) is 133 Å². The van der Waals surface area contributed by atoms with Crippen LogP contribution in [0.3, 0.4) is 0 Å². The molecule has 0 aliphatic heterocycles. The first-order chi connectivity index (χ1) is 25.3. The molecule has 0 spiro atoms. The molecule has 0 unspecified atom stereocenters. The Morgan fingerprint density at radius 2 is 1.00 bits per heavy atom. The van der Waals surface area contributed by atoms with Crippen LogP contribution in [0.5, 0.6) is 0 Å². The summed E-state index contributed by atoms with van der Waals surface area (Å²) < 4.78 is 9.05. The topological polar surface area (TPSA) is 16.4 Å². The maximum absolute atomic E-state index is 6.43. The molecule has 0 saturated heterocycles. The van der Waals surface area contributed by atoms with Crippen molar-refractivity contribution in [2.75, 3.05) is 4.90 Å². The number of hydrogen-bond donors (Lipinski definition) is 0. The second-order valence-electron chi connectivity index (χ2n) is 12.9. The van der Waals surface area contributed by atoms with Gasteiger partial charge in [-0.05, 0) is 82.4 Å². The number of thiophene rings is 1. The van der Waals surface area contributed by atoms with E-state index in [1.54, 1.807) is 0 Å². The van der Waals surface area contributed by atoms with Crippen molar-refractivity contribution >= 4 is 70.5 Å². The van der Waals surface area contributed by atoms with Gasteiger partial charge in [0, 0.05) is 36.8 Å². The lowest BCUT2D eigenvalue weighted by molar-refractivity contribution is 0.669. The average molecular weight is 670 g/mol. The number of nitrogens with zero attached hydrogens (tertiary/aromatic N) is 1. The minimum absolute atomic E-state index is 0.869. The Hall–Kier alpha value is -6.42. The molecule has 0 saturated carbocycles. The lowest BCUT2D eigenvalue weighted by Crippen LogP contribution is -2.11. The third kappa shape index (κ3) is 5.01. The minimum Gasteiger partial charge on any atom is -0.456 e. The molecule has 2 heterocycles. The SMILES string of the molecule is c1ccc(-c2ccc(N(c3ccc(-c4cccc5sc6ccccc6c45)cc3)c3cccc4oc5ccccc5c34)c(-c3ccccc3)c2)cc1. The smallest absolute Gasteiger partial charge is 0.137 e. The van der Waals surface area contributed by atoms with Crippen molar-refractivity contribution in [3.8, 4) is 33.4 Å². The molecule has 0 atom stereocenters. The largest absolute Gasteiger partial charge is 0.456 e. The van der Waals surface area contributed by atoms with E-state index < -0.39 is 0 Å². The maximum Gasteiger partial charge on any atom is 0.137 e. The summed E-state index contributed by atoms with van der Waals surface area (Å²) in [5, 5.41) is 4.82. The van der Waals surface area contributed by atoms with Crippen LogP contribution in [0.1, 0.15) is 0 Å². The fraction of sp³-hybridized carbons (Fsp3) is 0. The molecule has 10 aromatic rings. The van der Waals surface area contributed by atoms with Gasteiger partial charge in [-0.15, -0.1) is 11.3 Å². The molecule has 0 aliphatic rings. The lowest BCUT2D eigenvalue weighted by atomic mass is 9.95. The molecule has 2 nitrogen and oxygen atoms in total. The van der Waals surface area contributed by atoms with Gasteiger partial charge in [-0.3, -0.25) is 0 Å². The van der Waals surface area contributed by atoms with Crippen LogP contribution < -0.4 is 4.90 Å². The lowest BCUT2D eigenvalue weighted by Gasteiger charge is -2.29. The van der Waals surface area contributed by atoms with Gasteiger partial charge >= 0.3 is 0 Å². The molecule has 0 aliphatic carbocycles. The van der Waals surface area contributed by atoms with E-state index in [0.29, 0.717) is 0 Å². The first kappa shape index (κ1) is 29.5. The highest BCUT2D eigenvalue weighted by Crippen LogP contribution is 2.47. The number of hydrogen-bond acceptors (Lipinski definition) is 3. The summed E-state index contributed by atoms with van der Waals surface area (Å²) in [7, 11) is 0. The normalized spacial score (nSPS) is 11.5. The highest BCUT2D eigenvalue weighted by atomic mass is 32.1. The van der Waals surface area contributed by atoms with Crippen LogP contribution in [0.15, 0.2) is 192 Å². The van der Waals surface area contributed by atoms with E-state index >= 15 is 0 Å². The summed E-state index contributed by atoms with van der Waals surface area (Å²) in [5.41, 5.74) is 12.1. The number of para-hydroxylation sites is 1. The van der Waals surface area contributed by atoms with E-state index in [9.17, 15) is 0 Å². The van der Waals surface area contributed by atoms with E-state index in [0.717, 1.165) is 50.1 Å². The molecule has 2 aromatic heterocycles. The van der Waals surface area contributed by atoms with Crippen LogP contribution in [0, 0.1) is 0 Å². The van der Waals surface area contributed by atoms with Crippen LogP contribution in [-0.2, 0) is 0 Å². The first-order valence-corrected chi connectivity index (χ1v) is 18.1. The van der Waals surface area contributed by atoms with Gasteiger partial charge in [0.2, 0.25) is 0 Å². The summed E-state index contributed by atoms with van der Waals surface area (Å²) in [5.74, 6) is 0. The Labute approximate surface area is 300 Å². The number of fused-ring (bicyclic) bond motifs is 6. The van der Waals surface area contributed by atoms with E-state index in [-0.39, 0.29) is 0 Å². The molecule has 240 valence electrons. The fourth-order valence-corrected chi connectivity index (χ4v) is 8.68. The molecule has 0 fully saturated rings. The molecule has 0 amide bonds. The second-order valence-corrected chi connectivity index (χ2v) is 14.0. The zero-order valence-electron chi connectivity index (χ0n) is 27.7. The summed E-state index contributed by atoms with van der Waals surface area (Å²) in [6, 6.07) is 67.4. The number of benzene rings is 8. The summed E-state index contributed by atoms with van der Waals surface area (Å²) >= 11 is 1.86. The van der Waals surface area contributed by atoms with E-state index in [2.05, 4.69) is 187 Å². The molecule has 0 N–H and O–H groups in total. The highest BCUT2D eigenvalue weighted by molar-refractivity contribution is 7.25. The van der Waals surface area contributed by atoms with Gasteiger partial charge in [0.15, 0.2) is 0 Å². The molecule has 0 bridgehead atoms. The second kappa shape index (κ2) is 12.2. The van der Waals surface area contributed by atoms with E-state index in [1.807, 2.05) is 17.4 Å². The standard InChI is InChI=1S/C48H31NOS/c1-3-13-32(14-4-1)35-27-30-41(40(31-35)33-15-5-2-6-16-33)49(42-20-12-22-44-48(42)38-17-7-9-21-43(38)50-44)36-28-25-34(26-29-36)37-19-11-24-46-47(37)39-18-8-10-23-45(39)51-46/h1-31H. The first-order valence-electron chi connectivity index (χ1n) is 17.3. The van der Waals surface area contributed by atoms with Crippen molar-refractivity contribution in [2.45, 2.75) is 0 Å². The fourth-order valence-electron chi connectivity index (χ4n) is 7.55. The zero-order valence-corrected chi connectivity index (χ0v) is 28.5. The number of anilines is 3. The van der Waals surface area contributed by atoms with Gasteiger partial charge < -0.3 is 9.32 Å². The number of furan rings is 1. The van der Waals surface area contributed by atoms with Crippen LogP contribution >= 0.6 is 11.3 Å². The van der Waals surface area contributed by atoms with E-state index in [4.69, 9.17) is 4.42 Å². The predicted molar refractivity (Wildman–Crippen MR) is 218 cm³/mol. The third-order valence-corrected chi connectivity index (χ3v) is 11.0. The van der Waals surface area contributed by atoms with Crippen molar-refractivity contribution in [1.29, 1.82) is 0 Å². The number of rotatable bonds is 6. The average Bonchev–Trinajstić information content (AvgIpc) is 3.78. The Morgan fingerprint density at radius 1 is 0.373 bits per heavy atom. The predicted octanol–water partition coefficient (Wildman–Crippen LogP) is 14.4. The van der Waals surface area contributed by atoms with Crippen LogP contribution in [-0.4, -0.2) is 0 Å². The molecule has 51 heavy (non-hydrogen) atoms. The van der Waals surface area contributed by atoms with Gasteiger partial charge in [-0.2, -0.15) is 0 Å². The quantitative estimate of drug-likeness (QED) is 0.175. The maximum atomic E-state index is 6.43. The van der Waals surface area contributed by atoms with Crippen LogP contribution in [0.25, 0.3) is 75.5 Å². The molecule has 10 rings (SSSR count). The summed E-state index contributed by atoms with van der Waals surface area (Å²) in [6.07, 6.45) is 0. The monoisotopic (exact) mass is 669 g/mol. The van der Waals surface area contributed by atoms with Gasteiger partial charge in [0.05, 0.1) is 16.8 Å². The molecule has 3 heteroatoms. The molecular weight excluding hydrogens is 639 g/mol. The van der Waals surface area contributed by atoms with Crippen LogP contribution in [0.2, 0.25) is 0 Å². The van der Waals surface area contributed by atoms with Crippen molar-refractivity contribution in [1.82, 2.24) is 0 Å². The Morgan fingerprint density at radius 3 is 1.82 bits per heavy atom. The Balaban J connectivity index is 1.21. The van der Waals surface area contributed by atoms with Crippen molar-refractivity contribution in [2.24, 2.45) is 0 Å².